The number of ether oxygens (including phenoxy) is 1. The summed E-state index contributed by atoms with van der Waals surface area (Å²) in [5.74, 6) is -1.90. The van der Waals surface area contributed by atoms with Crippen LogP contribution in [-0.2, 0) is 4.79 Å². The Kier molecular flexibility index (Phi) is 5.86. The lowest BCUT2D eigenvalue weighted by Gasteiger charge is -2.23. The highest BCUT2D eigenvalue weighted by molar-refractivity contribution is 7.22. The van der Waals surface area contributed by atoms with Crippen molar-refractivity contribution in [3.8, 4) is 5.75 Å². The summed E-state index contributed by atoms with van der Waals surface area (Å²) in [6.07, 6.45) is 1.55. The fraction of sp³-hybridized carbons (Fsp3) is 0.111. The number of aryl methyl sites for hydroxylation is 1. The number of ketones is 1. The number of fused-ring (bicyclic) bond motifs is 2. The van der Waals surface area contributed by atoms with Crippen LogP contribution in [0.5, 0.6) is 5.75 Å². The Morgan fingerprint density at radius 1 is 1.18 bits per heavy atom. The Morgan fingerprint density at radius 2 is 2.00 bits per heavy atom. The molecule has 1 aliphatic heterocycles. The number of nitrogens with zero attached hydrogens (tertiary/aromatic N) is 3. The van der Waals surface area contributed by atoms with Crippen molar-refractivity contribution in [3.63, 3.8) is 0 Å². The fourth-order valence-electron chi connectivity index (χ4n) is 4.48. The number of aliphatic hydroxyl groups excluding tert-OH is 1. The lowest BCUT2D eigenvalue weighted by Crippen LogP contribution is -2.31. The number of benzene rings is 2. The summed E-state index contributed by atoms with van der Waals surface area (Å²) in [5, 5.41) is 12.8. The van der Waals surface area contributed by atoms with Gasteiger partial charge in [-0.25, -0.2) is 4.98 Å². The molecule has 8 nitrogen and oxygen atoms in total. The molecule has 1 unspecified atom stereocenters. The topological polar surface area (TPSA) is 106 Å². The number of carbonyl (C=O) groups is 2. The van der Waals surface area contributed by atoms with E-state index >= 15 is 0 Å². The summed E-state index contributed by atoms with van der Waals surface area (Å²) in [6.45, 7) is 1.87. The Morgan fingerprint density at radius 3 is 2.74 bits per heavy atom. The van der Waals surface area contributed by atoms with Gasteiger partial charge in [0, 0.05) is 27.7 Å². The minimum atomic E-state index is -1.05. The molecule has 5 aromatic rings. The first-order chi connectivity index (χ1) is 18.3. The smallest absolute Gasteiger partial charge is 0.296 e. The second kappa shape index (κ2) is 9.13. The summed E-state index contributed by atoms with van der Waals surface area (Å²) in [4.78, 5) is 37.6. The maximum atomic E-state index is 13.9. The van der Waals surface area contributed by atoms with Gasteiger partial charge >= 0.3 is 0 Å². The maximum Gasteiger partial charge on any atom is 0.296 e. The second-order valence-electron chi connectivity index (χ2n) is 8.63. The number of aromatic nitrogens is 2. The third kappa shape index (κ3) is 3.82. The Hall–Kier alpha value is -3.92. The third-order valence-electron chi connectivity index (χ3n) is 6.27. The van der Waals surface area contributed by atoms with E-state index in [0.717, 1.165) is 10.3 Å². The molecule has 1 aliphatic rings. The molecule has 38 heavy (non-hydrogen) atoms. The van der Waals surface area contributed by atoms with Crippen molar-refractivity contribution >= 4 is 72.5 Å². The Bertz CT molecular complexity index is 1770. The number of carbonyl (C=O) groups excluding carboxylic acids is 2. The van der Waals surface area contributed by atoms with Crippen LogP contribution >= 0.6 is 34.5 Å². The van der Waals surface area contributed by atoms with Crippen molar-refractivity contribution in [1.29, 1.82) is 0 Å². The number of anilines is 1. The van der Waals surface area contributed by atoms with Crippen molar-refractivity contribution in [3.05, 3.63) is 93.1 Å². The van der Waals surface area contributed by atoms with Crippen LogP contribution in [0.3, 0.4) is 0 Å². The highest BCUT2D eigenvalue weighted by Crippen LogP contribution is 2.45. The number of pyridine rings is 1. The van der Waals surface area contributed by atoms with Gasteiger partial charge in [0.25, 0.3) is 5.91 Å². The molecule has 0 saturated heterocycles. The first kappa shape index (κ1) is 24.4. The van der Waals surface area contributed by atoms with Gasteiger partial charge in [0.1, 0.15) is 6.04 Å². The minimum absolute atomic E-state index is 0.0931. The van der Waals surface area contributed by atoms with Crippen LogP contribution in [0.4, 0.5) is 5.13 Å². The normalized spacial score (nSPS) is 15.7. The molecule has 190 valence electrons. The number of Topliss-reactive ketones (excluding diaryl/α,β-unsaturated/α-hetero) is 1. The van der Waals surface area contributed by atoms with Crippen molar-refractivity contribution in [1.82, 2.24) is 9.97 Å². The van der Waals surface area contributed by atoms with Crippen molar-refractivity contribution < 1.29 is 23.8 Å². The predicted molar refractivity (Wildman–Crippen MR) is 146 cm³/mol. The van der Waals surface area contributed by atoms with Crippen LogP contribution < -0.4 is 9.64 Å². The molecule has 1 atom stereocenters. The van der Waals surface area contributed by atoms with Crippen molar-refractivity contribution in [2.45, 2.75) is 13.0 Å². The predicted octanol–water partition coefficient (Wildman–Crippen LogP) is 6.84. The van der Waals surface area contributed by atoms with Crippen molar-refractivity contribution in [2.75, 3.05) is 12.0 Å². The van der Waals surface area contributed by atoms with Crippen LogP contribution in [0.25, 0.3) is 21.2 Å². The van der Waals surface area contributed by atoms with E-state index in [1.54, 1.807) is 42.6 Å². The molecule has 11 heteroatoms. The highest BCUT2D eigenvalue weighted by atomic mass is 35.5. The van der Waals surface area contributed by atoms with E-state index in [1.807, 2.05) is 13.0 Å². The van der Waals surface area contributed by atoms with Crippen LogP contribution in [0, 0.1) is 6.92 Å². The number of methoxy groups -OCH3 is 1. The number of hydrogen-bond donors (Lipinski definition) is 1. The van der Waals surface area contributed by atoms with Gasteiger partial charge < -0.3 is 14.3 Å². The zero-order chi connectivity index (χ0) is 26.7. The summed E-state index contributed by atoms with van der Waals surface area (Å²) in [7, 11) is 1.46. The molecular weight excluding hydrogens is 549 g/mol. The Balaban J connectivity index is 1.50. The summed E-state index contributed by atoms with van der Waals surface area (Å²) < 4.78 is 12.0. The number of furan rings is 1. The SMILES string of the molecule is COc1cc(Cl)cc2cc(C(=O)C3=C(O)C(=O)N(c4nc5cc(Cl)c(C)cc5s4)C3c3ccccn3)oc12. The standard InChI is InChI=1S/C27H17Cl2N3O5S/c1-12-7-20-17(11-15(12)29)31-27(38-20)32-22(16-5-3-4-6-30-16)21(24(34)26(32)35)23(33)18-9-13-8-14(28)10-19(36-2)25(13)37-18/h3-11,22,34H,1-2H3. The molecule has 3 aromatic heterocycles. The molecule has 0 aliphatic carbocycles. The lowest BCUT2D eigenvalue weighted by atomic mass is 9.98. The lowest BCUT2D eigenvalue weighted by molar-refractivity contribution is -0.117. The molecule has 4 heterocycles. The molecule has 0 saturated carbocycles. The highest BCUT2D eigenvalue weighted by Gasteiger charge is 2.47. The largest absolute Gasteiger partial charge is 0.503 e. The zero-order valence-corrected chi connectivity index (χ0v) is 22.2. The van der Waals surface area contributed by atoms with Gasteiger partial charge in [0.15, 0.2) is 28.0 Å². The van der Waals surface area contributed by atoms with Gasteiger partial charge in [-0.1, -0.05) is 40.6 Å². The van der Waals surface area contributed by atoms with Crippen molar-refractivity contribution in [2.24, 2.45) is 0 Å². The van der Waals surface area contributed by atoms with E-state index in [1.165, 1.54) is 29.4 Å². The van der Waals surface area contributed by atoms with Gasteiger partial charge in [-0.05, 0) is 48.9 Å². The first-order valence-corrected chi connectivity index (χ1v) is 12.9. The first-order valence-electron chi connectivity index (χ1n) is 11.3. The quantitative estimate of drug-likeness (QED) is 0.232. The van der Waals surface area contributed by atoms with Crippen LogP contribution in [0.15, 0.2) is 70.5 Å². The third-order valence-corrected chi connectivity index (χ3v) is 7.92. The average molecular weight is 566 g/mol. The Labute approximate surface area is 229 Å². The summed E-state index contributed by atoms with van der Waals surface area (Å²) in [5.41, 5.74) is 1.97. The van der Waals surface area contributed by atoms with E-state index in [9.17, 15) is 14.7 Å². The van der Waals surface area contributed by atoms with E-state index < -0.39 is 23.5 Å². The van der Waals surface area contributed by atoms with Gasteiger partial charge in [-0.2, -0.15) is 0 Å². The molecule has 0 radical (unpaired) electrons. The minimum Gasteiger partial charge on any atom is -0.503 e. The number of rotatable bonds is 5. The van der Waals surface area contributed by atoms with E-state index in [-0.39, 0.29) is 16.5 Å². The molecule has 1 amide bonds. The maximum absolute atomic E-state index is 13.9. The molecular formula is C27H17Cl2N3O5S. The molecule has 0 bridgehead atoms. The van der Waals surface area contributed by atoms with Gasteiger partial charge in [-0.3, -0.25) is 19.5 Å². The van der Waals surface area contributed by atoms with E-state index in [4.69, 9.17) is 32.4 Å². The molecule has 2 aromatic carbocycles. The molecule has 1 N–H and O–H groups in total. The number of halogens is 2. The molecule has 6 rings (SSSR count). The van der Waals surface area contributed by atoms with E-state index in [0.29, 0.717) is 38.0 Å². The fourth-order valence-corrected chi connectivity index (χ4v) is 5.92. The summed E-state index contributed by atoms with van der Waals surface area (Å²) in [6, 6.07) is 12.4. The number of thiazole rings is 1. The zero-order valence-electron chi connectivity index (χ0n) is 19.9. The summed E-state index contributed by atoms with van der Waals surface area (Å²) >= 11 is 13.7. The van der Waals surface area contributed by atoms with Crippen LogP contribution in [-0.4, -0.2) is 33.9 Å². The van der Waals surface area contributed by atoms with Gasteiger partial charge in [0.2, 0.25) is 5.78 Å². The average Bonchev–Trinajstić information content (AvgIpc) is 3.58. The van der Waals surface area contributed by atoms with E-state index in [2.05, 4.69) is 9.97 Å². The van der Waals surface area contributed by atoms with Gasteiger partial charge in [0.05, 0.1) is 28.6 Å². The molecule has 0 spiro atoms. The second-order valence-corrected chi connectivity index (χ2v) is 10.5. The molecule has 0 fully saturated rings. The van der Waals surface area contributed by atoms with Gasteiger partial charge in [-0.15, -0.1) is 0 Å². The number of hydrogen-bond acceptors (Lipinski definition) is 8. The van der Waals surface area contributed by atoms with Crippen LogP contribution in [0.2, 0.25) is 10.0 Å². The monoisotopic (exact) mass is 565 g/mol. The number of amides is 1. The number of aliphatic hydroxyl groups is 1. The van der Waals surface area contributed by atoms with Crippen LogP contribution in [0.1, 0.15) is 27.9 Å².